The smallest absolute Gasteiger partial charge is 0.437 e. The van der Waals surface area contributed by atoms with Crippen LogP contribution in [0, 0.1) is 6.92 Å². The Labute approximate surface area is 120 Å². The first-order valence-corrected chi connectivity index (χ1v) is 6.39. The lowest BCUT2D eigenvalue weighted by atomic mass is 10.2. The number of ether oxygens (including phenoxy) is 1. The fourth-order valence-electron chi connectivity index (χ4n) is 1.64. The van der Waals surface area contributed by atoms with Gasteiger partial charge in [-0.1, -0.05) is 23.2 Å². The minimum atomic E-state index is -0.619. The molecule has 0 saturated heterocycles. The summed E-state index contributed by atoms with van der Waals surface area (Å²) in [6, 6.07) is 1.51. The fraction of sp³-hybridized carbons (Fsp3) is 0.417. The van der Waals surface area contributed by atoms with Gasteiger partial charge in [-0.25, -0.2) is 9.78 Å². The molecule has 5 nitrogen and oxygen atoms in total. The Kier molecular flexibility index (Phi) is 3.45. The van der Waals surface area contributed by atoms with Crippen LogP contribution in [0.1, 0.15) is 26.5 Å². The fourth-order valence-corrected chi connectivity index (χ4v) is 2.21. The Morgan fingerprint density at radius 1 is 1.37 bits per heavy atom. The van der Waals surface area contributed by atoms with Crippen LogP contribution in [0.5, 0.6) is 0 Å². The van der Waals surface area contributed by atoms with E-state index < -0.39 is 11.7 Å². The summed E-state index contributed by atoms with van der Waals surface area (Å²) in [5.41, 5.74) is 0.269. The lowest BCUT2D eigenvalue weighted by Crippen LogP contribution is -2.27. The molecule has 7 heteroatoms. The zero-order valence-corrected chi connectivity index (χ0v) is 12.5. The molecule has 0 atom stereocenters. The zero-order valence-electron chi connectivity index (χ0n) is 11.0. The van der Waals surface area contributed by atoms with Crippen LogP contribution in [0.15, 0.2) is 6.07 Å². The maximum absolute atomic E-state index is 12.1. The van der Waals surface area contributed by atoms with Crippen LogP contribution in [0.2, 0.25) is 10.2 Å². The molecular weight excluding hydrogens is 289 g/mol. The van der Waals surface area contributed by atoms with Crippen molar-refractivity contribution in [2.45, 2.75) is 33.3 Å². The molecule has 0 aliphatic carbocycles. The second kappa shape index (κ2) is 4.65. The van der Waals surface area contributed by atoms with Gasteiger partial charge in [0.1, 0.15) is 10.8 Å². The molecule has 0 spiro atoms. The van der Waals surface area contributed by atoms with Crippen molar-refractivity contribution >= 4 is 40.3 Å². The Bertz CT molecular complexity index is 659. The molecule has 0 aliphatic rings. The van der Waals surface area contributed by atoms with Gasteiger partial charge in [-0.3, -0.25) is 0 Å². The van der Waals surface area contributed by atoms with Gasteiger partial charge in [-0.05, 0) is 33.8 Å². The van der Waals surface area contributed by atoms with Crippen molar-refractivity contribution in [3.63, 3.8) is 0 Å². The maximum atomic E-state index is 12.1. The first-order valence-electron chi connectivity index (χ1n) is 5.64. The highest BCUT2D eigenvalue weighted by Gasteiger charge is 2.23. The predicted octanol–water partition coefficient (Wildman–Crippen LogP) is 3.83. The molecule has 0 amide bonds. The highest BCUT2D eigenvalue weighted by molar-refractivity contribution is 6.38. The van der Waals surface area contributed by atoms with Crippen LogP contribution >= 0.6 is 23.2 Å². The number of pyridine rings is 1. The molecule has 2 heterocycles. The lowest BCUT2D eigenvalue weighted by Gasteiger charge is -2.18. The van der Waals surface area contributed by atoms with Crippen molar-refractivity contribution in [2.75, 3.05) is 0 Å². The highest BCUT2D eigenvalue weighted by Crippen LogP contribution is 2.28. The summed E-state index contributed by atoms with van der Waals surface area (Å²) >= 11 is 11.9. The van der Waals surface area contributed by atoms with E-state index in [-0.39, 0.29) is 5.15 Å². The Morgan fingerprint density at radius 2 is 2.00 bits per heavy atom. The van der Waals surface area contributed by atoms with Crippen molar-refractivity contribution in [1.29, 1.82) is 0 Å². The number of aromatic nitrogens is 3. The maximum Gasteiger partial charge on any atom is 0.437 e. The molecule has 0 fully saturated rings. The molecule has 0 aliphatic heterocycles. The van der Waals surface area contributed by atoms with Crippen LogP contribution in [0.25, 0.3) is 11.0 Å². The molecule has 19 heavy (non-hydrogen) atoms. The standard InChI is InChI=1S/C12H13Cl2N3O2/c1-6-9-7(13)5-8(14)15-10(9)17(16-6)11(18)19-12(2,3)4/h5H,1-4H3. The summed E-state index contributed by atoms with van der Waals surface area (Å²) in [5, 5.41) is 5.31. The molecule has 0 unspecified atom stereocenters. The van der Waals surface area contributed by atoms with Gasteiger partial charge >= 0.3 is 6.09 Å². The third kappa shape index (κ3) is 2.82. The molecule has 2 aromatic heterocycles. The monoisotopic (exact) mass is 301 g/mol. The van der Waals surface area contributed by atoms with Gasteiger partial charge < -0.3 is 4.74 Å². The van der Waals surface area contributed by atoms with Gasteiger partial charge in [0.05, 0.1) is 16.1 Å². The average molecular weight is 302 g/mol. The van der Waals surface area contributed by atoms with E-state index in [0.29, 0.717) is 21.7 Å². The number of carbonyl (C=O) groups excluding carboxylic acids is 1. The summed E-state index contributed by atoms with van der Waals surface area (Å²) in [6.07, 6.45) is -0.614. The van der Waals surface area contributed by atoms with Crippen molar-refractivity contribution in [1.82, 2.24) is 14.8 Å². The second-order valence-corrected chi connectivity index (χ2v) is 5.90. The van der Waals surface area contributed by atoms with Gasteiger partial charge in [-0.2, -0.15) is 5.10 Å². The normalized spacial score (nSPS) is 11.9. The SMILES string of the molecule is Cc1nn(C(=O)OC(C)(C)C)c2nc(Cl)cc(Cl)c12. The van der Waals surface area contributed by atoms with E-state index >= 15 is 0 Å². The molecule has 0 N–H and O–H groups in total. The van der Waals surface area contributed by atoms with Crippen LogP contribution in [-0.2, 0) is 4.74 Å². The zero-order chi connectivity index (χ0) is 14.4. The topological polar surface area (TPSA) is 57.0 Å². The first-order chi connectivity index (χ1) is 8.69. The molecule has 0 aromatic carbocycles. The van der Waals surface area contributed by atoms with Crippen molar-refractivity contribution in [3.05, 3.63) is 21.9 Å². The molecule has 2 rings (SSSR count). The quantitative estimate of drug-likeness (QED) is 0.694. The third-order valence-corrected chi connectivity index (χ3v) is 2.79. The van der Waals surface area contributed by atoms with Crippen molar-refractivity contribution in [3.8, 4) is 0 Å². The molecular formula is C12H13Cl2N3O2. The predicted molar refractivity (Wildman–Crippen MR) is 73.9 cm³/mol. The number of hydrogen-bond acceptors (Lipinski definition) is 4. The summed E-state index contributed by atoms with van der Waals surface area (Å²) in [6.45, 7) is 7.06. The minimum Gasteiger partial charge on any atom is -0.442 e. The van der Waals surface area contributed by atoms with Gasteiger partial charge in [-0.15, -0.1) is 4.68 Å². The van der Waals surface area contributed by atoms with Crippen molar-refractivity contribution in [2.24, 2.45) is 0 Å². The van der Waals surface area contributed by atoms with Crippen molar-refractivity contribution < 1.29 is 9.53 Å². The first kappa shape index (κ1) is 14.1. The number of hydrogen-bond donors (Lipinski definition) is 0. The van der Waals surface area contributed by atoms with Crippen LogP contribution in [0.3, 0.4) is 0 Å². The average Bonchev–Trinajstić information content (AvgIpc) is 2.53. The summed E-state index contributed by atoms with van der Waals surface area (Å²) in [5.74, 6) is 0. The van der Waals surface area contributed by atoms with E-state index in [1.54, 1.807) is 27.7 Å². The van der Waals surface area contributed by atoms with E-state index in [1.807, 2.05) is 0 Å². The number of nitrogens with zero attached hydrogens (tertiary/aromatic N) is 3. The highest BCUT2D eigenvalue weighted by atomic mass is 35.5. The Balaban J connectivity index is 2.59. The number of carbonyl (C=O) groups is 1. The van der Waals surface area contributed by atoms with Gasteiger partial charge in [0.15, 0.2) is 5.65 Å². The Morgan fingerprint density at radius 3 is 2.58 bits per heavy atom. The largest absolute Gasteiger partial charge is 0.442 e. The summed E-state index contributed by atoms with van der Waals surface area (Å²) < 4.78 is 6.34. The Hall–Kier alpha value is -1.33. The van der Waals surface area contributed by atoms with Crippen LogP contribution < -0.4 is 0 Å². The van der Waals surface area contributed by atoms with E-state index in [4.69, 9.17) is 27.9 Å². The number of fused-ring (bicyclic) bond motifs is 1. The van der Waals surface area contributed by atoms with Gasteiger partial charge in [0, 0.05) is 0 Å². The molecule has 0 saturated carbocycles. The molecule has 2 aromatic rings. The summed E-state index contributed by atoms with van der Waals surface area (Å²) in [7, 11) is 0. The van der Waals surface area contributed by atoms with E-state index in [1.165, 1.54) is 6.07 Å². The molecule has 102 valence electrons. The number of halogens is 2. The number of rotatable bonds is 0. The minimum absolute atomic E-state index is 0.196. The lowest BCUT2D eigenvalue weighted by molar-refractivity contribution is 0.0521. The number of aryl methyl sites for hydroxylation is 1. The summed E-state index contributed by atoms with van der Waals surface area (Å²) in [4.78, 5) is 16.2. The molecule has 0 radical (unpaired) electrons. The van der Waals surface area contributed by atoms with E-state index in [0.717, 1.165) is 4.68 Å². The van der Waals surface area contributed by atoms with E-state index in [9.17, 15) is 4.79 Å². The van der Waals surface area contributed by atoms with Gasteiger partial charge in [0.25, 0.3) is 0 Å². The van der Waals surface area contributed by atoms with Gasteiger partial charge in [0.2, 0.25) is 0 Å². The van der Waals surface area contributed by atoms with E-state index in [2.05, 4.69) is 10.1 Å². The molecule has 0 bridgehead atoms. The van der Waals surface area contributed by atoms with Crippen LogP contribution in [0.4, 0.5) is 4.79 Å². The third-order valence-electron chi connectivity index (χ3n) is 2.30. The van der Waals surface area contributed by atoms with Crippen LogP contribution in [-0.4, -0.2) is 26.5 Å². The second-order valence-electron chi connectivity index (χ2n) is 5.10.